The van der Waals surface area contributed by atoms with Gasteiger partial charge >= 0.3 is 0 Å². The Bertz CT molecular complexity index is 445. The van der Waals surface area contributed by atoms with E-state index in [1.54, 1.807) is 31.2 Å². The zero-order valence-electron chi connectivity index (χ0n) is 9.43. The highest BCUT2D eigenvalue weighted by molar-refractivity contribution is 7.80. The number of hydrogen-bond donors (Lipinski definition) is 3. The number of thiocarbonyl (C=S) groups is 1. The van der Waals surface area contributed by atoms with Crippen LogP contribution in [0.2, 0.25) is 0 Å². The van der Waals surface area contributed by atoms with Crippen LogP contribution in [0.5, 0.6) is 0 Å². The molecular formula is C12H14N2O2S. The van der Waals surface area contributed by atoms with Gasteiger partial charge in [-0.15, -0.1) is 0 Å². The number of Topliss-reactive ketones (excluding diaryl/α,β-unsaturated/α-hetero) is 1. The van der Waals surface area contributed by atoms with Crippen molar-refractivity contribution in [3.05, 3.63) is 35.9 Å². The number of rotatable bonds is 2. The minimum absolute atomic E-state index is 0.0990. The molecular weight excluding hydrogens is 236 g/mol. The number of nitrogens with one attached hydrogen (secondary N) is 2. The Hall–Kier alpha value is -1.46. The van der Waals surface area contributed by atoms with Gasteiger partial charge in [0.25, 0.3) is 0 Å². The van der Waals surface area contributed by atoms with Crippen LogP contribution in [0, 0.1) is 5.92 Å². The number of carbonyl (C=O) groups excluding carboxylic acids is 1. The van der Waals surface area contributed by atoms with Crippen molar-refractivity contribution >= 4 is 23.1 Å². The number of carbonyl (C=O) groups is 1. The maximum atomic E-state index is 12.2. The van der Waals surface area contributed by atoms with Crippen molar-refractivity contribution in [2.24, 2.45) is 5.92 Å². The second kappa shape index (κ2) is 4.43. The molecule has 2 atom stereocenters. The van der Waals surface area contributed by atoms with Gasteiger partial charge in [0.05, 0.1) is 5.92 Å². The Labute approximate surface area is 105 Å². The second-order valence-electron chi connectivity index (χ2n) is 4.27. The summed E-state index contributed by atoms with van der Waals surface area (Å²) in [4.78, 5) is 12.2. The Morgan fingerprint density at radius 2 is 2.12 bits per heavy atom. The lowest BCUT2D eigenvalue weighted by molar-refractivity contribution is -0.0131. The number of benzene rings is 1. The van der Waals surface area contributed by atoms with Gasteiger partial charge in [-0.1, -0.05) is 30.3 Å². The Kier molecular flexibility index (Phi) is 3.13. The molecule has 2 rings (SSSR count). The van der Waals surface area contributed by atoms with Gasteiger partial charge in [-0.2, -0.15) is 0 Å². The van der Waals surface area contributed by atoms with Crippen LogP contribution in [0.15, 0.2) is 30.3 Å². The van der Waals surface area contributed by atoms with Gasteiger partial charge in [-0.05, 0) is 19.1 Å². The van der Waals surface area contributed by atoms with Crippen molar-refractivity contribution in [3.8, 4) is 0 Å². The summed E-state index contributed by atoms with van der Waals surface area (Å²) >= 11 is 4.92. The van der Waals surface area contributed by atoms with Crippen molar-refractivity contribution in [3.63, 3.8) is 0 Å². The first-order chi connectivity index (χ1) is 8.00. The summed E-state index contributed by atoms with van der Waals surface area (Å²) in [7, 11) is 0. The summed E-state index contributed by atoms with van der Waals surface area (Å²) in [5, 5.41) is 16.1. The molecule has 2 unspecified atom stereocenters. The van der Waals surface area contributed by atoms with E-state index < -0.39 is 11.6 Å². The van der Waals surface area contributed by atoms with Gasteiger partial charge in [-0.25, -0.2) is 0 Å². The van der Waals surface area contributed by atoms with Crippen LogP contribution in [0.1, 0.15) is 17.3 Å². The molecule has 5 heteroatoms. The molecule has 17 heavy (non-hydrogen) atoms. The fourth-order valence-electron chi connectivity index (χ4n) is 1.91. The van der Waals surface area contributed by atoms with Crippen molar-refractivity contribution in [2.45, 2.75) is 12.6 Å². The smallest absolute Gasteiger partial charge is 0.172 e. The van der Waals surface area contributed by atoms with Crippen LogP contribution in [-0.2, 0) is 0 Å². The predicted octanol–water partition coefficient (Wildman–Crippen LogP) is 0.672. The van der Waals surface area contributed by atoms with Crippen molar-refractivity contribution < 1.29 is 9.90 Å². The first-order valence-electron chi connectivity index (χ1n) is 5.38. The zero-order valence-corrected chi connectivity index (χ0v) is 10.3. The molecule has 1 heterocycles. The van der Waals surface area contributed by atoms with Gasteiger partial charge in [-0.3, -0.25) is 4.79 Å². The van der Waals surface area contributed by atoms with E-state index in [0.29, 0.717) is 17.2 Å². The van der Waals surface area contributed by atoms with Gasteiger partial charge in [0.2, 0.25) is 0 Å². The Morgan fingerprint density at radius 1 is 1.47 bits per heavy atom. The minimum Gasteiger partial charge on any atom is -0.370 e. The highest BCUT2D eigenvalue weighted by atomic mass is 32.1. The Morgan fingerprint density at radius 3 is 2.71 bits per heavy atom. The molecule has 0 aliphatic carbocycles. The standard InChI is InChI=1S/C12H14N2O2S/c1-12(16)9(7-13-11(17)14-12)10(15)8-5-3-2-4-6-8/h2-6,9,16H,7H2,1H3,(H2,13,14,17). The molecule has 0 aromatic heterocycles. The molecule has 3 N–H and O–H groups in total. The summed E-state index contributed by atoms with van der Waals surface area (Å²) in [5.74, 6) is -0.658. The average molecular weight is 250 g/mol. The highest BCUT2D eigenvalue weighted by Gasteiger charge is 2.41. The molecule has 4 nitrogen and oxygen atoms in total. The average Bonchev–Trinajstić information content (AvgIpc) is 2.28. The van der Waals surface area contributed by atoms with E-state index >= 15 is 0 Å². The molecule has 1 fully saturated rings. The van der Waals surface area contributed by atoms with E-state index in [4.69, 9.17) is 12.2 Å². The molecule has 0 saturated carbocycles. The number of hydrogen-bond acceptors (Lipinski definition) is 3. The first-order valence-corrected chi connectivity index (χ1v) is 5.79. The van der Waals surface area contributed by atoms with Crippen LogP contribution in [0.3, 0.4) is 0 Å². The zero-order chi connectivity index (χ0) is 12.5. The van der Waals surface area contributed by atoms with E-state index in [1.807, 2.05) is 6.07 Å². The lowest BCUT2D eigenvalue weighted by Crippen LogP contribution is -2.64. The van der Waals surface area contributed by atoms with E-state index in [-0.39, 0.29) is 5.78 Å². The maximum absolute atomic E-state index is 12.2. The summed E-state index contributed by atoms with van der Waals surface area (Å²) < 4.78 is 0. The van der Waals surface area contributed by atoms with Crippen LogP contribution in [0.25, 0.3) is 0 Å². The summed E-state index contributed by atoms with van der Waals surface area (Å²) in [5.41, 5.74) is -0.718. The molecule has 90 valence electrons. The molecule has 0 radical (unpaired) electrons. The topological polar surface area (TPSA) is 61.4 Å². The van der Waals surface area contributed by atoms with E-state index in [9.17, 15) is 9.90 Å². The highest BCUT2D eigenvalue weighted by Crippen LogP contribution is 2.21. The fraction of sp³-hybridized carbons (Fsp3) is 0.333. The van der Waals surface area contributed by atoms with Crippen LogP contribution in [-0.4, -0.2) is 28.3 Å². The largest absolute Gasteiger partial charge is 0.370 e. The van der Waals surface area contributed by atoms with E-state index in [0.717, 1.165) is 0 Å². The van der Waals surface area contributed by atoms with Crippen LogP contribution >= 0.6 is 12.2 Å². The third-order valence-corrected chi connectivity index (χ3v) is 3.13. The van der Waals surface area contributed by atoms with E-state index in [2.05, 4.69) is 10.6 Å². The third kappa shape index (κ3) is 2.45. The molecule has 1 aromatic rings. The first kappa shape index (κ1) is 12.0. The molecule has 1 aromatic carbocycles. The molecule has 1 aliphatic heterocycles. The van der Waals surface area contributed by atoms with Gasteiger partial charge in [0.15, 0.2) is 10.9 Å². The van der Waals surface area contributed by atoms with Gasteiger partial charge in [0.1, 0.15) is 5.72 Å². The number of ketones is 1. The van der Waals surface area contributed by atoms with Gasteiger partial charge < -0.3 is 15.7 Å². The monoisotopic (exact) mass is 250 g/mol. The Balaban J connectivity index is 2.23. The van der Waals surface area contributed by atoms with Gasteiger partial charge in [0, 0.05) is 12.1 Å². The predicted molar refractivity (Wildman–Crippen MR) is 68.6 cm³/mol. The lowest BCUT2D eigenvalue weighted by atomic mass is 9.87. The SMILES string of the molecule is CC1(O)NC(=S)NCC1C(=O)c1ccccc1. The number of aliphatic hydroxyl groups is 1. The van der Waals surface area contributed by atoms with Crippen molar-refractivity contribution in [1.82, 2.24) is 10.6 Å². The van der Waals surface area contributed by atoms with Crippen molar-refractivity contribution in [2.75, 3.05) is 6.54 Å². The van der Waals surface area contributed by atoms with E-state index in [1.165, 1.54) is 0 Å². The second-order valence-corrected chi connectivity index (χ2v) is 4.67. The molecule has 0 amide bonds. The normalized spacial score (nSPS) is 28.1. The molecule has 0 spiro atoms. The minimum atomic E-state index is -1.31. The molecule has 1 saturated heterocycles. The summed E-state index contributed by atoms with van der Waals surface area (Å²) in [6, 6.07) is 8.94. The maximum Gasteiger partial charge on any atom is 0.172 e. The third-order valence-electron chi connectivity index (χ3n) is 2.89. The molecule has 0 bridgehead atoms. The van der Waals surface area contributed by atoms with Crippen molar-refractivity contribution in [1.29, 1.82) is 0 Å². The lowest BCUT2D eigenvalue weighted by Gasteiger charge is -2.38. The molecule has 1 aliphatic rings. The summed E-state index contributed by atoms with van der Waals surface area (Å²) in [6.45, 7) is 1.90. The quantitative estimate of drug-likeness (QED) is 0.532. The fourth-order valence-corrected chi connectivity index (χ4v) is 2.20. The van der Waals surface area contributed by atoms with Crippen LogP contribution < -0.4 is 10.6 Å². The van der Waals surface area contributed by atoms with Crippen LogP contribution in [0.4, 0.5) is 0 Å². The summed E-state index contributed by atoms with van der Waals surface area (Å²) in [6.07, 6.45) is 0.